The van der Waals surface area contributed by atoms with Crippen molar-refractivity contribution in [2.45, 2.75) is 46.3 Å². The Morgan fingerprint density at radius 1 is 1.41 bits per heavy atom. The van der Waals surface area contributed by atoms with Crippen molar-refractivity contribution >= 4 is 23.6 Å². The summed E-state index contributed by atoms with van der Waals surface area (Å²) in [6.07, 6.45) is 0.409. The first kappa shape index (κ1) is 16.3. The number of carbonyl (C=O) groups excluding carboxylic acids is 2. The van der Waals surface area contributed by atoms with Gasteiger partial charge in [0.25, 0.3) is 5.91 Å². The van der Waals surface area contributed by atoms with Crippen LogP contribution in [0.5, 0.6) is 0 Å². The van der Waals surface area contributed by atoms with Crippen molar-refractivity contribution in [3.8, 4) is 0 Å². The van der Waals surface area contributed by atoms with E-state index < -0.39 is 18.2 Å². The minimum atomic E-state index is -0.511. The van der Waals surface area contributed by atoms with Crippen molar-refractivity contribution in [1.29, 1.82) is 0 Å². The van der Waals surface area contributed by atoms with Crippen LogP contribution in [0.2, 0.25) is 0 Å². The maximum atomic E-state index is 12.2. The lowest BCUT2D eigenvalue weighted by Crippen LogP contribution is -2.64. The molecule has 0 bridgehead atoms. The number of carbonyl (C=O) groups is 2. The quantitative estimate of drug-likeness (QED) is 0.587. The summed E-state index contributed by atoms with van der Waals surface area (Å²) in [7, 11) is 1.64. The molecule has 0 aliphatic carbocycles. The highest BCUT2D eigenvalue weighted by Crippen LogP contribution is 2.24. The molecule has 2 aliphatic heterocycles. The molecule has 2 unspecified atom stereocenters. The summed E-state index contributed by atoms with van der Waals surface area (Å²) in [5.41, 5.74) is 3.77. The van der Waals surface area contributed by atoms with E-state index in [4.69, 9.17) is 0 Å². The number of hydrogen-bond acceptors (Lipinski definition) is 6. The molecule has 3 amide bonds. The van der Waals surface area contributed by atoms with Crippen molar-refractivity contribution in [2.75, 3.05) is 13.6 Å². The molecule has 22 heavy (non-hydrogen) atoms. The van der Waals surface area contributed by atoms with Crippen LogP contribution in [0.3, 0.4) is 0 Å². The molecule has 8 heteroatoms. The Kier molecular flexibility index (Phi) is 4.68. The zero-order chi connectivity index (χ0) is 16.4. The molecule has 122 valence electrons. The second kappa shape index (κ2) is 6.33. The number of amides is 3. The minimum Gasteiger partial charge on any atom is -0.326 e. The van der Waals surface area contributed by atoms with Gasteiger partial charge in [-0.2, -0.15) is 5.10 Å². The zero-order valence-electron chi connectivity index (χ0n) is 13.8. The number of rotatable bonds is 4. The lowest BCUT2D eigenvalue weighted by atomic mass is 10.1. The molecule has 2 N–H and O–H groups in total. The Bertz CT molecular complexity index is 523. The highest BCUT2D eigenvalue weighted by Gasteiger charge is 2.48. The van der Waals surface area contributed by atoms with Crippen LogP contribution in [0.1, 0.15) is 34.1 Å². The summed E-state index contributed by atoms with van der Waals surface area (Å²) in [6.45, 7) is 8.68. The molecule has 2 aliphatic rings. The molecule has 0 aromatic heterocycles. The lowest BCUT2D eigenvalue weighted by molar-refractivity contribution is -0.127. The maximum Gasteiger partial charge on any atom is 0.325 e. The van der Waals surface area contributed by atoms with Crippen LogP contribution in [0.25, 0.3) is 0 Å². The molecule has 0 spiro atoms. The molecule has 0 radical (unpaired) electrons. The molecule has 0 aromatic rings. The maximum absolute atomic E-state index is 12.2. The monoisotopic (exact) mass is 308 g/mol. The third-order valence-electron chi connectivity index (χ3n) is 3.69. The van der Waals surface area contributed by atoms with Crippen LogP contribution in [-0.2, 0) is 4.79 Å². The van der Waals surface area contributed by atoms with Gasteiger partial charge in [-0.15, -0.1) is 0 Å². The van der Waals surface area contributed by atoms with E-state index in [2.05, 4.69) is 34.7 Å². The first-order valence-corrected chi connectivity index (χ1v) is 7.50. The second-order valence-electron chi connectivity index (χ2n) is 6.26. The number of nitrogens with one attached hydrogen (secondary N) is 2. The second-order valence-corrected chi connectivity index (χ2v) is 6.26. The molecule has 2 atom stereocenters. The summed E-state index contributed by atoms with van der Waals surface area (Å²) in [5, 5.41) is 6.54. The largest absolute Gasteiger partial charge is 0.326 e. The molecule has 0 aromatic carbocycles. The molecular formula is C14H24N6O2. The molecular weight excluding hydrogens is 284 g/mol. The zero-order valence-corrected chi connectivity index (χ0v) is 13.8. The van der Waals surface area contributed by atoms with Crippen LogP contribution in [-0.4, -0.2) is 59.2 Å². The first-order chi connectivity index (χ1) is 10.3. The highest BCUT2D eigenvalue weighted by atomic mass is 16.2. The highest BCUT2D eigenvalue weighted by molar-refractivity contribution is 6.03. The van der Waals surface area contributed by atoms with Gasteiger partial charge in [0.2, 0.25) is 5.96 Å². The van der Waals surface area contributed by atoms with E-state index in [1.54, 1.807) is 7.05 Å². The molecule has 1 saturated heterocycles. The minimum absolute atomic E-state index is 0.311. The van der Waals surface area contributed by atoms with Gasteiger partial charge < -0.3 is 9.80 Å². The predicted molar refractivity (Wildman–Crippen MR) is 84.4 cm³/mol. The van der Waals surface area contributed by atoms with Gasteiger partial charge in [0, 0.05) is 19.3 Å². The van der Waals surface area contributed by atoms with Crippen LogP contribution >= 0.6 is 0 Å². The SMILES string of the molecule is CC(C)=NNC1=NC2C(C(=O)NC(=O)N2C)N1CCC(C)C. The third-order valence-corrected chi connectivity index (χ3v) is 3.69. The average molecular weight is 308 g/mol. The number of aliphatic imine (C=N–C) groups is 1. The average Bonchev–Trinajstić information content (AvgIpc) is 2.79. The van der Waals surface area contributed by atoms with Gasteiger partial charge in [0.05, 0.1) is 0 Å². The summed E-state index contributed by atoms with van der Waals surface area (Å²) in [5.74, 6) is 0.728. The van der Waals surface area contributed by atoms with Crippen LogP contribution < -0.4 is 10.7 Å². The van der Waals surface area contributed by atoms with Gasteiger partial charge in [-0.3, -0.25) is 10.1 Å². The van der Waals surface area contributed by atoms with E-state index in [0.29, 0.717) is 18.4 Å². The van der Waals surface area contributed by atoms with Gasteiger partial charge in [-0.25, -0.2) is 15.2 Å². The van der Waals surface area contributed by atoms with Crippen molar-refractivity contribution in [2.24, 2.45) is 16.0 Å². The number of urea groups is 1. The van der Waals surface area contributed by atoms with E-state index in [1.165, 1.54) is 4.90 Å². The fraction of sp³-hybridized carbons (Fsp3) is 0.714. The Labute approximate surface area is 130 Å². The number of hydrazone groups is 1. The van der Waals surface area contributed by atoms with Crippen LogP contribution in [0.15, 0.2) is 10.1 Å². The summed E-state index contributed by atoms with van der Waals surface area (Å²) < 4.78 is 0. The molecule has 2 heterocycles. The summed E-state index contributed by atoms with van der Waals surface area (Å²) in [6, 6.07) is -0.924. The molecule has 2 rings (SSSR count). The molecule has 0 saturated carbocycles. The fourth-order valence-electron chi connectivity index (χ4n) is 2.42. The number of guanidine groups is 1. The smallest absolute Gasteiger partial charge is 0.325 e. The van der Waals surface area contributed by atoms with Crippen molar-refractivity contribution in [3.63, 3.8) is 0 Å². The van der Waals surface area contributed by atoms with Crippen molar-refractivity contribution in [3.05, 3.63) is 0 Å². The lowest BCUT2D eigenvalue weighted by Gasteiger charge is -2.36. The summed E-state index contributed by atoms with van der Waals surface area (Å²) >= 11 is 0. The van der Waals surface area contributed by atoms with E-state index >= 15 is 0 Å². The fourth-order valence-corrected chi connectivity index (χ4v) is 2.42. The van der Waals surface area contributed by atoms with E-state index in [1.807, 2.05) is 18.7 Å². The summed E-state index contributed by atoms with van der Waals surface area (Å²) in [4.78, 5) is 31.8. The molecule has 1 fully saturated rings. The standard InChI is InChI=1S/C14H24N6O2/c1-8(2)6-7-20-10-11(15-13(20)18-17-9(3)4)19(5)14(22)16-12(10)21/h8,10-11H,6-7H2,1-5H3,(H,15,18)(H,16,21,22). The van der Waals surface area contributed by atoms with Gasteiger partial charge in [-0.1, -0.05) is 13.8 Å². The first-order valence-electron chi connectivity index (χ1n) is 7.50. The number of nitrogens with zero attached hydrogens (tertiary/aromatic N) is 4. The van der Waals surface area contributed by atoms with E-state index in [-0.39, 0.29) is 5.91 Å². The van der Waals surface area contributed by atoms with Gasteiger partial charge in [0.1, 0.15) is 0 Å². The Morgan fingerprint density at radius 2 is 2.09 bits per heavy atom. The van der Waals surface area contributed by atoms with Crippen molar-refractivity contribution < 1.29 is 9.59 Å². The van der Waals surface area contributed by atoms with Gasteiger partial charge >= 0.3 is 6.03 Å². The Morgan fingerprint density at radius 3 is 2.68 bits per heavy atom. The number of hydrogen-bond donors (Lipinski definition) is 2. The van der Waals surface area contributed by atoms with Crippen LogP contribution in [0, 0.1) is 5.92 Å². The Balaban J connectivity index is 2.25. The van der Waals surface area contributed by atoms with Gasteiger partial charge in [-0.05, 0) is 26.2 Å². The Hall–Kier alpha value is -2.12. The van der Waals surface area contributed by atoms with Gasteiger partial charge in [0.15, 0.2) is 12.2 Å². The number of likely N-dealkylation sites (N-methyl/N-ethyl adjacent to an activating group) is 1. The number of fused-ring (bicyclic) bond motifs is 1. The topological polar surface area (TPSA) is 89.4 Å². The molecule has 8 nitrogen and oxygen atoms in total. The van der Waals surface area contributed by atoms with Crippen molar-refractivity contribution in [1.82, 2.24) is 20.5 Å². The van der Waals surface area contributed by atoms with E-state index in [9.17, 15) is 9.59 Å². The van der Waals surface area contributed by atoms with Crippen LogP contribution in [0.4, 0.5) is 4.79 Å². The predicted octanol–water partition coefficient (Wildman–Crippen LogP) is 0.566. The normalized spacial score (nSPS) is 24.2. The van der Waals surface area contributed by atoms with E-state index in [0.717, 1.165) is 12.1 Å². The number of imide groups is 1. The third kappa shape index (κ3) is 3.20.